The van der Waals surface area contributed by atoms with Crippen molar-refractivity contribution in [2.45, 2.75) is 31.7 Å². The molecule has 1 saturated carbocycles. The molecule has 0 aromatic carbocycles. The summed E-state index contributed by atoms with van der Waals surface area (Å²) < 4.78 is 0. The zero-order valence-electron chi connectivity index (χ0n) is 5.64. The molecular formula is C7H14N2. The Morgan fingerprint density at radius 1 is 1.33 bits per heavy atom. The first-order valence-electron chi connectivity index (χ1n) is 3.61. The Hall–Kier alpha value is -0.370. The third kappa shape index (κ3) is 1.52. The van der Waals surface area contributed by atoms with Gasteiger partial charge in [-0.1, -0.05) is 12.8 Å². The van der Waals surface area contributed by atoms with E-state index in [1.165, 1.54) is 19.1 Å². The van der Waals surface area contributed by atoms with Gasteiger partial charge in [-0.05, 0) is 19.1 Å². The van der Waals surface area contributed by atoms with E-state index in [9.17, 15) is 0 Å². The Morgan fingerprint density at radius 3 is 2.44 bits per heavy atom. The van der Waals surface area contributed by atoms with Gasteiger partial charge in [0.1, 0.15) is 0 Å². The first-order chi connectivity index (χ1) is 4.34. The predicted molar refractivity (Wildman–Crippen MR) is 38.7 cm³/mol. The third-order valence-corrected chi connectivity index (χ3v) is 2.09. The molecule has 0 saturated heterocycles. The van der Waals surface area contributed by atoms with Gasteiger partial charge in [-0.3, -0.25) is 0 Å². The molecule has 0 unspecified atom stereocenters. The molecule has 0 aromatic rings. The van der Waals surface area contributed by atoms with Crippen molar-refractivity contribution in [3.05, 3.63) is 0 Å². The van der Waals surface area contributed by atoms with Crippen molar-refractivity contribution in [2.75, 3.05) is 0 Å². The highest BCUT2D eigenvalue weighted by Crippen LogP contribution is 2.20. The molecule has 0 aliphatic heterocycles. The monoisotopic (exact) mass is 126 g/mol. The summed E-state index contributed by atoms with van der Waals surface area (Å²) in [6.45, 7) is 0. The SMILES string of the molecule is N=C[C@H]1CCCC[C@@H]1N. The van der Waals surface area contributed by atoms with E-state index in [0.717, 1.165) is 12.8 Å². The maximum absolute atomic E-state index is 7.02. The van der Waals surface area contributed by atoms with Crippen LogP contribution in [-0.4, -0.2) is 12.3 Å². The second-order valence-corrected chi connectivity index (χ2v) is 2.78. The number of nitrogens with one attached hydrogen (secondary N) is 1. The zero-order valence-corrected chi connectivity index (χ0v) is 5.64. The molecule has 0 radical (unpaired) electrons. The van der Waals surface area contributed by atoms with E-state index in [1.807, 2.05) is 0 Å². The molecule has 2 heteroatoms. The Balaban J connectivity index is 2.38. The Kier molecular flexibility index (Phi) is 2.22. The molecule has 9 heavy (non-hydrogen) atoms. The van der Waals surface area contributed by atoms with Crippen LogP contribution in [0.2, 0.25) is 0 Å². The van der Waals surface area contributed by atoms with E-state index < -0.39 is 0 Å². The molecule has 0 bridgehead atoms. The molecule has 2 atom stereocenters. The van der Waals surface area contributed by atoms with Crippen LogP contribution in [-0.2, 0) is 0 Å². The summed E-state index contributed by atoms with van der Waals surface area (Å²) in [4.78, 5) is 0. The number of nitrogens with two attached hydrogens (primary N) is 1. The second kappa shape index (κ2) is 2.97. The first kappa shape index (κ1) is 6.75. The number of hydrogen-bond donors (Lipinski definition) is 2. The van der Waals surface area contributed by atoms with Gasteiger partial charge in [0.2, 0.25) is 0 Å². The summed E-state index contributed by atoms with van der Waals surface area (Å²) in [5.41, 5.74) is 5.74. The molecule has 1 aliphatic rings. The summed E-state index contributed by atoms with van der Waals surface area (Å²) in [6.07, 6.45) is 6.26. The van der Waals surface area contributed by atoms with Gasteiger partial charge in [0.15, 0.2) is 0 Å². The first-order valence-corrected chi connectivity index (χ1v) is 3.61. The van der Waals surface area contributed by atoms with Crippen LogP contribution in [0, 0.1) is 11.3 Å². The van der Waals surface area contributed by atoms with Crippen LogP contribution in [0.15, 0.2) is 0 Å². The van der Waals surface area contributed by atoms with Crippen molar-refractivity contribution in [1.82, 2.24) is 0 Å². The molecule has 1 rings (SSSR count). The predicted octanol–water partition coefficient (Wildman–Crippen LogP) is 1.15. The third-order valence-electron chi connectivity index (χ3n) is 2.09. The highest BCUT2D eigenvalue weighted by Gasteiger charge is 2.18. The fourth-order valence-corrected chi connectivity index (χ4v) is 1.40. The smallest absolute Gasteiger partial charge is 0.0117 e. The average Bonchev–Trinajstić information content (AvgIpc) is 1.89. The van der Waals surface area contributed by atoms with Crippen LogP contribution in [0.4, 0.5) is 0 Å². The average molecular weight is 126 g/mol. The summed E-state index contributed by atoms with van der Waals surface area (Å²) in [5, 5.41) is 7.02. The van der Waals surface area contributed by atoms with Gasteiger partial charge in [-0.2, -0.15) is 0 Å². The van der Waals surface area contributed by atoms with Crippen molar-refractivity contribution < 1.29 is 0 Å². The van der Waals surface area contributed by atoms with Crippen LogP contribution < -0.4 is 5.73 Å². The molecule has 3 N–H and O–H groups in total. The van der Waals surface area contributed by atoms with E-state index in [-0.39, 0.29) is 6.04 Å². The van der Waals surface area contributed by atoms with E-state index in [4.69, 9.17) is 11.1 Å². The quantitative estimate of drug-likeness (QED) is 0.509. The lowest BCUT2D eigenvalue weighted by Crippen LogP contribution is -2.33. The van der Waals surface area contributed by atoms with Gasteiger partial charge in [0.05, 0.1) is 0 Å². The summed E-state index contributed by atoms with van der Waals surface area (Å²) in [6, 6.07) is 0.274. The Morgan fingerprint density at radius 2 is 2.00 bits per heavy atom. The van der Waals surface area contributed by atoms with E-state index in [2.05, 4.69) is 0 Å². The second-order valence-electron chi connectivity index (χ2n) is 2.78. The van der Waals surface area contributed by atoms with Crippen LogP contribution in [0.1, 0.15) is 25.7 Å². The molecule has 0 spiro atoms. The van der Waals surface area contributed by atoms with Crippen molar-refractivity contribution in [2.24, 2.45) is 11.7 Å². The van der Waals surface area contributed by atoms with Gasteiger partial charge in [-0.15, -0.1) is 0 Å². The lowest BCUT2D eigenvalue weighted by atomic mass is 9.86. The van der Waals surface area contributed by atoms with Crippen LogP contribution in [0.25, 0.3) is 0 Å². The highest BCUT2D eigenvalue weighted by molar-refractivity contribution is 5.58. The summed E-state index contributed by atoms with van der Waals surface area (Å²) >= 11 is 0. The molecular weight excluding hydrogens is 112 g/mol. The fraction of sp³-hybridized carbons (Fsp3) is 0.857. The summed E-state index contributed by atoms with van der Waals surface area (Å²) in [7, 11) is 0. The van der Waals surface area contributed by atoms with Crippen LogP contribution in [0.3, 0.4) is 0 Å². The minimum absolute atomic E-state index is 0.274. The number of rotatable bonds is 1. The normalized spacial score (nSPS) is 36.1. The molecule has 0 amide bonds. The lowest BCUT2D eigenvalue weighted by molar-refractivity contribution is 0.384. The maximum Gasteiger partial charge on any atom is 0.0117 e. The zero-order chi connectivity index (χ0) is 6.69. The van der Waals surface area contributed by atoms with E-state index in [1.54, 1.807) is 0 Å². The minimum atomic E-state index is 0.274. The van der Waals surface area contributed by atoms with Crippen molar-refractivity contribution >= 4 is 6.21 Å². The van der Waals surface area contributed by atoms with Gasteiger partial charge < -0.3 is 11.1 Å². The number of hydrogen-bond acceptors (Lipinski definition) is 2. The van der Waals surface area contributed by atoms with Gasteiger partial charge >= 0.3 is 0 Å². The van der Waals surface area contributed by atoms with Crippen LogP contribution >= 0.6 is 0 Å². The Labute approximate surface area is 55.9 Å². The largest absolute Gasteiger partial charge is 0.327 e. The standard InChI is InChI=1S/C7H14N2/c8-5-6-3-1-2-4-7(6)9/h5-8H,1-4,9H2/t6-,7+/m1/s1. The van der Waals surface area contributed by atoms with Crippen molar-refractivity contribution in [3.63, 3.8) is 0 Å². The molecule has 52 valence electrons. The Bertz CT molecular complexity index is 101. The molecule has 1 aliphatic carbocycles. The minimum Gasteiger partial charge on any atom is -0.327 e. The van der Waals surface area contributed by atoms with Crippen LogP contribution in [0.5, 0.6) is 0 Å². The van der Waals surface area contributed by atoms with E-state index in [0.29, 0.717) is 5.92 Å². The van der Waals surface area contributed by atoms with E-state index >= 15 is 0 Å². The molecule has 2 nitrogen and oxygen atoms in total. The highest BCUT2D eigenvalue weighted by atomic mass is 14.7. The van der Waals surface area contributed by atoms with Gasteiger partial charge in [0.25, 0.3) is 0 Å². The fourth-order valence-electron chi connectivity index (χ4n) is 1.40. The lowest BCUT2D eigenvalue weighted by Gasteiger charge is -2.24. The summed E-state index contributed by atoms with van der Waals surface area (Å²) in [5.74, 6) is 0.374. The van der Waals surface area contributed by atoms with Gasteiger partial charge in [-0.25, -0.2) is 0 Å². The van der Waals surface area contributed by atoms with Crippen molar-refractivity contribution in [1.29, 1.82) is 5.41 Å². The molecule has 0 heterocycles. The molecule has 1 fully saturated rings. The molecule has 0 aromatic heterocycles. The topological polar surface area (TPSA) is 49.9 Å². The van der Waals surface area contributed by atoms with Crippen molar-refractivity contribution in [3.8, 4) is 0 Å². The maximum atomic E-state index is 7.02. The van der Waals surface area contributed by atoms with Gasteiger partial charge in [0, 0.05) is 12.0 Å².